The number of carbonyl (C=O) groups is 1. The Morgan fingerprint density at radius 1 is 1.31 bits per heavy atom. The number of nitrogens with zero attached hydrogens (tertiary/aromatic N) is 1. The molecule has 2 rings (SSSR count). The Bertz CT molecular complexity index is 297. The summed E-state index contributed by atoms with van der Waals surface area (Å²) in [6.07, 6.45) is 0.483. The zero-order valence-corrected chi connectivity index (χ0v) is 10.2. The standard InChI is InChI=1S/C12H21NO3/c1-12(2,3)10-9-5-8(14)4-7(9)6-13(10)11(15)16/h7-10,14H,4-6H2,1-3H3,(H,15,16)/t7-,8+,9-,10?/m0/s1. The van der Waals surface area contributed by atoms with Crippen molar-refractivity contribution in [2.24, 2.45) is 17.3 Å². The first-order chi connectivity index (χ1) is 7.30. The number of rotatable bonds is 0. The fourth-order valence-electron chi connectivity index (χ4n) is 3.63. The quantitative estimate of drug-likeness (QED) is 0.663. The number of aliphatic hydroxyl groups excluding tert-OH is 1. The van der Waals surface area contributed by atoms with E-state index in [0.29, 0.717) is 18.4 Å². The second-order valence-electron chi connectivity index (χ2n) is 6.29. The van der Waals surface area contributed by atoms with Crippen LogP contribution in [0.5, 0.6) is 0 Å². The molecular formula is C12H21NO3. The monoisotopic (exact) mass is 227 g/mol. The molecule has 1 amide bonds. The number of carboxylic acid groups (broad SMARTS) is 1. The van der Waals surface area contributed by atoms with Gasteiger partial charge in [-0.2, -0.15) is 0 Å². The van der Waals surface area contributed by atoms with Gasteiger partial charge in [-0.15, -0.1) is 0 Å². The maximum atomic E-state index is 11.2. The van der Waals surface area contributed by atoms with Gasteiger partial charge in [-0.3, -0.25) is 0 Å². The Kier molecular flexibility index (Phi) is 2.65. The Morgan fingerprint density at radius 2 is 1.94 bits per heavy atom. The number of amides is 1. The van der Waals surface area contributed by atoms with Gasteiger partial charge in [-0.1, -0.05) is 20.8 Å². The van der Waals surface area contributed by atoms with Crippen LogP contribution in [0.25, 0.3) is 0 Å². The summed E-state index contributed by atoms with van der Waals surface area (Å²) in [4.78, 5) is 12.8. The fraction of sp³-hybridized carbons (Fsp3) is 0.917. The molecule has 0 spiro atoms. The molecule has 1 aliphatic carbocycles. The van der Waals surface area contributed by atoms with Gasteiger partial charge in [0.05, 0.1) is 6.10 Å². The van der Waals surface area contributed by atoms with Crippen LogP contribution in [0.3, 0.4) is 0 Å². The average molecular weight is 227 g/mol. The molecule has 2 fully saturated rings. The summed E-state index contributed by atoms with van der Waals surface area (Å²) in [7, 11) is 0. The van der Waals surface area contributed by atoms with Crippen LogP contribution in [0.2, 0.25) is 0 Å². The number of likely N-dealkylation sites (tertiary alicyclic amines) is 1. The molecule has 0 radical (unpaired) electrons. The molecule has 1 aliphatic heterocycles. The molecule has 1 saturated carbocycles. The zero-order valence-electron chi connectivity index (χ0n) is 10.2. The van der Waals surface area contributed by atoms with E-state index in [1.54, 1.807) is 4.90 Å². The molecule has 1 unspecified atom stereocenters. The van der Waals surface area contributed by atoms with Crippen molar-refractivity contribution in [3.05, 3.63) is 0 Å². The first-order valence-electron chi connectivity index (χ1n) is 5.98. The predicted octanol–water partition coefficient (Wildman–Crippen LogP) is 1.78. The molecule has 1 saturated heterocycles. The number of hydrogen-bond donors (Lipinski definition) is 2. The predicted molar refractivity (Wildman–Crippen MR) is 60.2 cm³/mol. The summed E-state index contributed by atoms with van der Waals surface area (Å²) in [6, 6.07) is 0.0483. The topological polar surface area (TPSA) is 60.8 Å². The van der Waals surface area contributed by atoms with E-state index in [1.807, 2.05) is 0 Å². The van der Waals surface area contributed by atoms with Crippen molar-refractivity contribution in [2.45, 2.75) is 45.8 Å². The second kappa shape index (κ2) is 3.62. The van der Waals surface area contributed by atoms with E-state index in [2.05, 4.69) is 20.8 Å². The highest BCUT2D eigenvalue weighted by atomic mass is 16.4. The number of aliphatic hydroxyl groups is 1. The maximum Gasteiger partial charge on any atom is 0.407 e. The molecule has 4 heteroatoms. The normalized spacial score (nSPS) is 38.9. The number of fused-ring (bicyclic) bond motifs is 1. The molecule has 0 aromatic carbocycles. The van der Waals surface area contributed by atoms with Gasteiger partial charge in [-0.25, -0.2) is 4.79 Å². The van der Waals surface area contributed by atoms with Crippen molar-refractivity contribution in [3.63, 3.8) is 0 Å². The highest BCUT2D eigenvalue weighted by Crippen LogP contribution is 2.47. The highest BCUT2D eigenvalue weighted by Gasteiger charge is 2.52. The first-order valence-corrected chi connectivity index (χ1v) is 5.98. The van der Waals surface area contributed by atoms with Crippen LogP contribution >= 0.6 is 0 Å². The van der Waals surface area contributed by atoms with Gasteiger partial charge in [0.15, 0.2) is 0 Å². The van der Waals surface area contributed by atoms with Crippen LogP contribution in [0, 0.1) is 17.3 Å². The fourth-order valence-corrected chi connectivity index (χ4v) is 3.63. The first kappa shape index (κ1) is 11.7. The second-order valence-corrected chi connectivity index (χ2v) is 6.29. The maximum absolute atomic E-state index is 11.2. The van der Waals surface area contributed by atoms with E-state index >= 15 is 0 Å². The lowest BCUT2D eigenvalue weighted by Crippen LogP contribution is -2.45. The minimum atomic E-state index is -0.816. The molecule has 16 heavy (non-hydrogen) atoms. The van der Waals surface area contributed by atoms with Crippen LogP contribution in [-0.2, 0) is 0 Å². The van der Waals surface area contributed by atoms with Crippen molar-refractivity contribution in [1.29, 1.82) is 0 Å². The largest absolute Gasteiger partial charge is 0.465 e. The Labute approximate surface area is 96.3 Å². The number of hydrogen-bond acceptors (Lipinski definition) is 2. The van der Waals surface area contributed by atoms with Crippen molar-refractivity contribution < 1.29 is 15.0 Å². The Morgan fingerprint density at radius 3 is 2.44 bits per heavy atom. The van der Waals surface area contributed by atoms with Crippen molar-refractivity contribution in [3.8, 4) is 0 Å². The highest BCUT2D eigenvalue weighted by molar-refractivity contribution is 5.66. The smallest absolute Gasteiger partial charge is 0.407 e. The van der Waals surface area contributed by atoms with E-state index in [4.69, 9.17) is 0 Å². The van der Waals surface area contributed by atoms with Gasteiger partial charge in [0, 0.05) is 12.6 Å². The minimum absolute atomic E-state index is 0.0483. The van der Waals surface area contributed by atoms with E-state index < -0.39 is 6.09 Å². The van der Waals surface area contributed by atoms with Crippen LogP contribution in [0.4, 0.5) is 4.79 Å². The lowest BCUT2D eigenvalue weighted by molar-refractivity contribution is 0.0785. The summed E-state index contributed by atoms with van der Waals surface area (Å²) < 4.78 is 0. The third kappa shape index (κ3) is 1.79. The molecule has 2 aliphatic rings. The van der Waals surface area contributed by atoms with Crippen LogP contribution in [0.1, 0.15) is 33.6 Å². The molecule has 92 valence electrons. The van der Waals surface area contributed by atoms with Gasteiger partial charge < -0.3 is 15.1 Å². The molecule has 0 aromatic rings. The molecule has 0 aromatic heterocycles. The summed E-state index contributed by atoms with van der Waals surface area (Å²) in [5, 5.41) is 18.9. The van der Waals surface area contributed by atoms with E-state index in [0.717, 1.165) is 12.8 Å². The Balaban J connectivity index is 2.25. The lowest BCUT2D eigenvalue weighted by atomic mass is 9.77. The summed E-state index contributed by atoms with van der Waals surface area (Å²) in [6.45, 7) is 6.85. The Hall–Kier alpha value is -0.770. The van der Waals surface area contributed by atoms with Gasteiger partial charge in [-0.05, 0) is 30.1 Å². The molecule has 1 heterocycles. The van der Waals surface area contributed by atoms with Crippen molar-refractivity contribution in [1.82, 2.24) is 4.90 Å². The van der Waals surface area contributed by atoms with Crippen LogP contribution in [0.15, 0.2) is 0 Å². The summed E-state index contributed by atoms with van der Waals surface area (Å²) in [5.41, 5.74) is -0.0537. The SMILES string of the molecule is CC(C)(C)C1[C@H]2C[C@H](O)C[C@H]2CN1C(=O)O. The molecule has 0 bridgehead atoms. The van der Waals surface area contributed by atoms with Gasteiger partial charge >= 0.3 is 6.09 Å². The van der Waals surface area contributed by atoms with Crippen LogP contribution < -0.4 is 0 Å². The van der Waals surface area contributed by atoms with Crippen molar-refractivity contribution in [2.75, 3.05) is 6.54 Å². The van der Waals surface area contributed by atoms with Gasteiger partial charge in [0.25, 0.3) is 0 Å². The third-order valence-electron chi connectivity index (χ3n) is 4.03. The van der Waals surface area contributed by atoms with Crippen molar-refractivity contribution >= 4 is 6.09 Å². The third-order valence-corrected chi connectivity index (χ3v) is 4.03. The molecule has 4 atom stereocenters. The average Bonchev–Trinajstić information content (AvgIpc) is 2.56. The lowest BCUT2D eigenvalue weighted by Gasteiger charge is -2.36. The van der Waals surface area contributed by atoms with Crippen LogP contribution in [-0.4, -0.2) is 39.9 Å². The zero-order chi connectivity index (χ0) is 12.1. The summed E-state index contributed by atoms with van der Waals surface area (Å²) in [5.74, 6) is 0.696. The van der Waals surface area contributed by atoms with Gasteiger partial charge in [0.2, 0.25) is 0 Å². The molecule has 2 N–H and O–H groups in total. The van der Waals surface area contributed by atoms with Gasteiger partial charge in [0.1, 0.15) is 0 Å². The summed E-state index contributed by atoms with van der Waals surface area (Å²) >= 11 is 0. The molecule has 4 nitrogen and oxygen atoms in total. The van der Waals surface area contributed by atoms with E-state index in [-0.39, 0.29) is 17.6 Å². The molecular weight excluding hydrogens is 206 g/mol. The van der Waals surface area contributed by atoms with E-state index in [9.17, 15) is 15.0 Å². The van der Waals surface area contributed by atoms with E-state index in [1.165, 1.54) is 0 Å². The minimum Gasteiger partial charge on any atom is -0.465 e.